The van der Waals surface area contributed by atoms with Gasteiger partial charge in [0.1, 0.15) is 0 Å². The lowest BCUT2D eigenvalue weighted by molar-refractivity contribution is -0.140. The third-order valence-corrected chi connectivity index (χ3v) is 6.35. The molecule has 1 aromatic carbocycles. The molecule has 4 nitrogen and oxygen atoms in total. The molecule has 4 saturated carbocycles. The van der Waals surface area contributed by atoms with E-state index >= 15 is 0 Å². The van der Waals surface area contributed by atoms with Crippen molar-refractivity contribution in [2.75, 3.05) is 5.32 Å². The molecule has 1 aromatic rings. The number of carbonyl (C=O) groups is 2. The van der Waals surface area contributed by atoms with Crippen LogP contribution in [0.3, 0.4) is 0 Å². The van der Waals surface area contributed by atoms with Crippen LogP contribution in [0.5, 0.6) is 0 Å². The van der Waals surface area contributed by atoms with Crippen molar-refractivity contribution in [3.63, 3.8) is 0 Å². The number of hydrogen-bond donors (Lipinski definition) is 2. The normalized spacial score (nSPS) is 34.4. The molecule has 0 heterocycles. The van der Waals surface area contributed by atoms with Crippen LogP contribution in [0.25, 0.3) is 0 Å². The van der Waals surface area contributed by atoms with Crippen LogP contribution in [0, 0.1) is 23.2 Å². The molecule has 5 heteroatoms. The first kappa shape index (κ1) is 15.0. The first-order valence-corrected chi connectivity index (χ1v) is 8.74. The molecular formula is C18H21ClN2O2. The van der Waals surface area contributed by atoms with Gasteiger partial charge in [0.2, 0.25) is 11.8 Å². The standard InChI is InChI=1S/C18H21ClN2O2/c19-14-2-1-13(16(20)22)6-15(14)21-17(23)18-7-10-3-11(8-18)5-12(4-10)9-18/h1-2,6,10-12H,3-5,7-9H2,(H2,20,22)(H,21,23). The molecule has 2 amide bonds. The van der Waals surface area contributed by atoms with Gasteiger partial charge in [0.25, 0.3) is 0 Å². The minimum Gasteiger partial charge on any atom is -0.366 e. The molecule has 4 fully saturated rings. The maximum atomic E-state index is 13.0. The molecule has 0 aromatic heterocycles. The van der Waals surface area contributed by atoms with Crippen molar-refractivity contribution >= 4 is 29.1 Å². The Bertz CT molecular complexity index is 650. The second kappa shape index (κ2) is 5.23. The summed E-state index contributed by atoms with van der Waals surface area (Å²) < 4.78 is 0. The van der Waals surface area contributed by atoms with Crippen molar-refractivity contribution in [1.82, 2.24) is 0 Å². The fourth-order valence-corrected chi connectivity index (χ4v) is 5.58. The first-order chi connectivity index (χ1) is 10.9. The quantitative estimate of drug-likeness (QED) is 0.887. The van der Waals surface area contributed by atoms with Gasteiger partial charge >= 0.3 is 0 Å². The van der Waals surface area contributed by atoms with E-state index in [0.29, 0.717) is 34.0 Å². The molecule has 0 aliphatic heterocycles. The SMILES string of the molecule is NC(=O)c1ccc(Cl)c(NC(=O)C23CC4CC(CC(C4)C2)C3)c1. The molecule has 122 valence electrons. The highest BCUT2D eigenvalue weighted by Gasteiger charge is 2.54. The third kappa shape index (κ3) is 2.53. The Kier molecular flexibility index (Phi) is 3.41. The molecule has 0 spiro atoms. The number of hydrogen-bond acceptors (Lipinski definition) is 2. The Balaban J connectivity index is 1.59. The fourth-order valence-electron chi connectivity index (χ4n) is 5.42. The predicted molar refractivity (Wildman–Crippen MR) is 89.2 cm³/mol. The molecule has 4 bridgehead atoms. The van der Waals surface area contributed by atoms with Crippen LogP contribution in [0.2, 0.25) is 5.02 Å². The van der Waals surface area contributed by atoms with Crippen molar-refractivity contribution in [3.05, 3.63) is 28.8 Å². The Morgan fingerprint density at radius 1 is 1.09 bits per heavy atom. The maximum absolute atomic E-state index is 13.0. The summed E-state index contributed by atoms with van der Waals surface area (Å²) in [7, 11) is 0. The van der Waals surface area contributed by atoms with E-state index in [2.05, 4.69) is 5.32 Å². The summed E-state index contributed by atoms with van der Waals surface area (Å²) in [4.78, 5) is 24.4. The zero-order valence-electron chi connectivity index (χ0n) is 13.0. The van der Waals surface area contributed by atoms with Gasteiger partial charge in [-0.05, 0) is 74.5 Å². The fraction of sp³-hybridized carbons (Fsp3) is 0.556. The van der Waals surface area contributed by atoms with Gasteiger partial charge in [-0.15, -0.1) is 0 Å². The highest BCUT2D eigenvalue weighted by atomic mass is 35.5. The van der Waals surface area contributed by atoms with Crippen LogP contribution < -0.4 is 11.1 Å². The van der Waals surface area contributed by atoms with E-state index in [-0.39, 0.29) is 11.3 Å². The van der Waals surface area contributed by atoms with E-state index in [1.165, 1.54) is 19.3 Å². The van der Waals surface area contributed by atoms with Gasteiger partial charge in [-0.25, -0.2) is 0 Å². The Morgan fingerprint density at radius 2 is 1.65 bits per heavy atom. The molecule has 5 rings (SSSR count). The summed E-state index contributed by atoms with van der Waals surface area (Å²) in [6.07, 6.45) is 6.88. The number of amides is 2. The van der Waals surface area contributed by atoms with E-state index in [1.54, 1.807) is 18.2 Å². The van der Waals surface area contributed by atoms with E-state index < -0.39 is 5.91 Å². The topological polar surface area (TPSA) is 72.2 Å². The van der Waals surface area contributed by atoms with Gasteiger partial charge < -0.3 is 11.1 Å². The number of nitrogens with one attached hydrogen (secondary N) is 1. The number of benzene rings is 1. The molecule has 0 unspecified atom stereocenters. The molecule has 3 N–H and O–H groups in total. The Morgan fingerprint density at radius 3 is 2.17 bits per heavy atom. The minimum atomic E-state index is -0.521. The predicted octanol–water partition coefficient (Wildman–Crippen LogP) is 3.59. The van der Waals surface area contributed by atoms with Gasteiger partial charge in [-0.3, -0.25) is 9.59 Å². The number of primary amides is 1. The zero-order chi connectivity index (χ0) is 16.2. The summed E-state index contributed by atoms with van der Waals surface area (Å²) >= 11 is 6.19. The second-order valence-electron chi connectivity index (χ2n) is 7.71. The van der Waals surface area contributed by atoms with Crippen molar-refractivity contribution in [2.24, 2.45) is 28.9 Å². The largest absolute Gasteiger partial charge is 0.366 e. The summed E-state index contributed by atoms with van der Waals surface area (Å²) in [5.41, 5.74) is 5.93. The first-order valence-electron chi connectivity index (χ1n) is 8.36. The maximum Gasteiger partial charge on any atom is 0.248 e. The van der Waals surface area contributed by atoms with Crippen LogP contribution >= 0.6 is 11.6 Å². The number of carbonyl (C=O) groups excluding carboxylic acids is 2. The van der Waals surface area contributed by atoms with Gasteiger partial charge in [0, 0.05) is 5.56 Å². The van der Waals surface area contributed by atoms with Gasteiger partial charge in [-0.1, -0.05) is 11.6 Å². The highest BCUT2D eigenvalue weighted by molar-refractivity contribution is 6.34. The molecular weight excluding hydrogens is 312 g/mol. The van der Waals surface area contributed by atoms with Crippen molar-refractivity contribution < 1.29 is 9.59 Å². The monoisotopic (exact) mass is 332 g/mol. The lowest BCUT2D eigenvalue weighted by Crippen LogP contribution is -2.51. The average Bonchev–Trinajstić information content (AvgIpc) is 2.47. The molecule has 23 heavy (non-hydrogen) atoms. The van der Waals surface area contributed by atoms with Crippen molar-refractivity contribution in [1.29, 1.82) is 0 Å². The summed E-state index contributed by atoms with van der Waals surface area (Å²) in [5, 5.41) is 3.42. The summed E-state index contributed by atoms with van der Waals surface area (Å²) in [6, 6.07) is 4.76. The molecule has 0 saturated heterocycles. The second-order valence-corrected chi connectivity index (χ2v) is 8.12. The van der Waals surface area contributed by atoms with E-state index in [9.17, 15) is 9.59 Å². The molecule has 4 aliphatic carbocycles. The Labute approximate surface area is 140 Å². The molecule has 0 radical (unpaired) electrons. The number of rotatable bonds is 3. The minimum absolute atomic E-state index is 0.0696. The number of halogens is 1. The van der Waals surface area contributed by atoms with E-state index in [1.807, 2.05) is 0 Å². The van der Waals surface area contributed by atoms with Crippen LogP contribution in [0.15, 0.2) is 18.2 Å². The average molecular weight is 333 g/mol. The van der Waals surface area contributed by atoms with Crippen molar-refractivity contribution in [3.8, 4) is 0 Å². The molecule has 0 atom stereocenters. The van der Waals surface area contributed by atoms with Crippen molar-refractivity contribution in [2.45, 2.75) is 38.5 Å². The summed E-state index contributed by atoms with van der Waals surface area (Å²) in [6.45, 7) is 0. The molecule has 4 aliphatic rings. The lowest BCUT2D eigenvalue weighted by atomic mass is 9.49. The van der Waals surface area contributed by atoms with Gasteiger partial charge in [0.15, 0.2) is 0 Å². The van der Waals surface area contributed by atoms with Gasteiger partial charge in [-0.2, -0.15) is 0 Å². The van der Waals surface area contributed by atoms with Crippen LogP contribution in [0.4, 0.5) is 5.69 Å². The Hall–Kier alpha value is -1.55. The zero-order valence-corrected chi connectivity index (χ0v) is 13.7. The van der Waals surface area contributed by atoms with Crippen LogP contribution in [0.1, 0.15) is 48.9 Å². The van der Waals surface area contributed by atoms with Crippen LogP contribution in [-0.2, 0) is 4.79 Å². The van der Waals surface area contributed by atoms with E-state index in [0.717, 1.165) is 19.3 Å². The van der Waals surface area contributed by atoms with E-state index in [4.69, 9.17) is 17.3 Å². The van der Waals surface area contributed by atoms with Gasteiger partial charge in [0.05, 0.1) is 16.1 Å². The number of nitrogens with two attached hydrogens (primary N) is 1. The lowest BCUT2D eigenvalue weighted by Gasteiger charge is -2.55. The highest BCUT2D eigenvalue weighted by Crippen LogP contribution is 2.60. The third-order valence-electron chi connectivity index (χ3n) is 6.02. The summed E-state index contributed by atoms with van der Waals surface area (Å²) in [5.74, 6) is 1.67. The van der Waals surface area contributed by atoms with Crippen LogP contribution in [-0.4, -0.2) is 11.8 Å². The smallest absolute Gasteiger partial charge is 0.248 e. The number of anilines is 1.